The molecule has 1 atom stereocenters. The molecule has 2 N–H and O–H groups in total. The molecule has 1 aliphatic carbocycles. The number of carbonyl (C=O) groups excluding carboxylic acids is 2. The molecule has 0 radical (unpaired) electrons. The standard InChI is InChI=1S/C22H29ClN4O2/c1-26(19-7-4-10-27(14-19)21(28)15-5-2-3-6-15)22(29)24-13-18-12-16-11-17(23)8-9-20(16)25-18/h8-9,11-12,15,19,25H,2-7,10,13-14H2,1H3,(H,24,29). The van der Waals surface area contributed by atoms with Gasteiger partial charge in [-0.15, -0.1) is 0 Å². The van der Waals surface area contributed by atoms with Crippen molar-refractivity contribution in [2.75, 3.05) is 20.1 Å². The Kier molecular flexibility index (Phi) is 5.99. The van der Waals surface area contributed by atoms with E-state index in [0.717, 1.165) is 61.7 Å². The Bertz CT molecular complexity index is 890. The van der Waals surface area contributed by atoms with E-state index in [-0.39, 0.29) is 23.9 Å². The lowest BCUT2D eigenvalue weighted by atomic mass is 10.0. The van der Waals surface area contributed by atoms with E-state index >= 15 is 0 Å². The van der Waals surface area contributed by atoms with Crippen LogP contribution in [0.4, 0.5) is 4.79 Å². The van der Waals surface area contributed by atoms with Gasteiger partial charge in [-0.2, -0.15) is 0 Å². The van der Waals surface area contributed by atoms with Crippen LogP contribution in [0.5, 0.6) is 0 Å². The first-order chi connectivity index (χ1) is 14.0. The van der Waals surface area contributed by atoms with Crippen molar-refractivity contribution in [3.8, 4) is 0 Å². The van der Waals surface area contributed by atoms with Crippen molar-refractivity contribution in [3.63, 3.8) is 0 Å². The van der Waals surface area contributed by atoms with Gasteiger partial charge in [0.25, 0.3) is 0 Å². The van der Waals surface area contributed by atoms with Gasteiger partial charge in [0.05, 0.1) is 12.6 Å². The quantitative estimate of drug-likeness (QED) is 0.786. The molecule has 6 nitrogen and oxygen atoms in total. The van der Waals surface area contributed by atoms with Crippen LogP contribution in [0, 0.1) is 5.92 Å². The lowest BCUT2D eigenvalue weighted by Gasteiger charge is -2.38. The smallest absolute Gasteiger partial charge is 0.317 e. The highest BCUT2D eigenvalue weighted by Gasteiger charge is 2.32. The van der Waals surface area contributed by atoms with E-state index in [0.29, 0.717) is 18.1 Å². The number of rotatable bonds is 4. The fourth-order valence-electron chi connectivity index (χ4n) is 4.62. The summed E-state index contributed by atoms with van der Waals surface area (Å²) in [4.78, 5) is 32.5. The first-order valence-electron chi connectivity index (χ1n) is 10.6. The number of halogens is 1. The van der Waals surface area contributed by atoms with Crippen LogP contribution in [0.25, 0.3) is 10.9 Å². The van der Waals surface area contributed by atoms with Crippen molar-refractivity contribution in [2.45, 2.75) is 51.1 Å². The maximum absolute atomic E-state index is 12.8. The Morgan fingerprint density at radius 1 is 1.21 bits per heavy atom. The minimum Gasteiger partial charge on any atom is -0.357 e. The first kappa shape index (κ1) is 20.1. The van der Waals surface area contributed by atoms with E-state index in [4.69, 9.17) is 11.6 Å². The lowest BCUT2D eigenvalue weighted by Crippen LogP contribution is -2.53. The summed E-state index contributed by atoms with van der Waals surface area (Å²) in [5.74, 6) is 0.487. The van der Waals surface area contributed by atoms with Crippen molar-refractivity contribution in [1.82, 2.24) is 20.1 Å². The van der Waals surface area contributed by atoms with E-state index in [9.17, 15) is 9.59 Å². The normalized spacial score (nSPS) is 20.2. The van der Waals surface area contributed by atoms with Crippen LogP contribution in [0.15, 0.2) is 24.3 Å². The summed E-state index contributed by atoms with van der Waals surface area (Å²) in [5.41, 5.74) is 1.94. The third-order valence-corrected chi connectivity index (χ3v) is 6.58. The number of carbonyl (C=O) groups is 2. The Morgan fingerprint density at radius 2 is 2.00 bits per heavy atom. The Balaban J connectivity index is 1.32. The number of piperidine rings is 1. The monoisotopic (exact) mass is 416 g/mol. The number of nitrogens with one attached hydrogen (secondary N) is 2. The minimum absolute atomic E-state index is 0.0654. The molecule has 1 saturated carbocycles. The van der Waals surface area contributed by atoms with Gasteiger partial charge in [0.15, 0.2) is 0 Å². The number of H-pyrrole nitrogens is 1. The van der Waals surface area contributed by atoms with E-state index in [1.54, 1.807) is 4.90 Å². The van der Waals surface area contributed by atoms with Crippen molar-refractivity contribution in [2.24, 2.45) is 5.92 Å². The van der Waals surface area contributed by atoms with E-state index in [1.807, 2.05) is 36.2 Å². The number of benzene rings is 1. The zero-order valence-electron chi connectivity index (χ0n) is 16.9. The second kappa shape index (κ2) is 8.66. The first-order valence-corrected chi connectivity index (χ1v) is 11.0. The Hall–Kier alpha value is -2.21. The predicted molar refractivity (Wildman–Crippen MR) is 115 cm³/mol. The molecule has 1 saturated heterocycles. The van der Waals surface area contributed by atoms with Gasteiger partial charge in [-0.05, 0) is 49.9 Å². The van der Waals surface area contributed by atoms with E-state index < -0.39 is 0 Å². The molecule has 1 unspecified atom stereocenters. The summed E-state index contributed by atoms with van der Waals surface area (Å²) in [6.07, 6.45) is 6.25. The Labute approximate surface area is 176 Å². The third kappa shape index (κ3) is 4.53. The van der Waals surface area contributed by atoms with Gasteiger partial charge >= 0.3 is 6.03 Å². The molecular formula is C22H29ClN4O2. The van der Waals surface area contributed by atoms with Gasteiger partial charge < -0.3 is 20.1 Å². The fourth-order valence-corrected chi connectivity index (χ4v) is 4.80. The summed E-state index contributed by atoms with van der Waals surface area (Å²) in [6.45, 7) is 1.88. The number of hydrogen-bond donors (Lipinski definition) is 2. The highest BCUT2D eigenvalue weighted by atomic mass is 35.5. The van der Waals surface area contributed by atoms with Gasteiger partial charge in [0.1, 0.15) is 0 Å². The van der Waals surface area contributed by atoms with Crippen LogP contribution in [-0.2, 0) is 11.3 Å². The Morgan fingerprint density at radius 3 is 2.79 bits per heavy atom. The number of likely N-dealkylation sites (N-methyl/N-ethyl adjacent to an activating group) is 1. The van der Waals surface area contributed by atoms with Crippen molar-refractivity contribution >= 4 is 34.4 Å². The molecule has 7 heteroatoms. The molecule has 2 aliphatic rings. The van der Waals surface area contributed by atoms with Gasteiger partial charge in [0, 0.05) is 47.7 Å². The molecule has 156 valence electrons. The molecule has 0 spiro atoms. The number of nitrogens with zero attached hydrogens (tertiary/aromatic N) is 2. The van der Waals surface area contributed by atoms with Gasteiger partial charge in [-0.3, -0.25) is 4.79 Å². The summed E-state index contributed by atoms with van der Waals surface area (Å²) in [6, 6.07) is 7.65. The van der Waals surface area contributed by atoms with Gasteiger partial charge in [-0.25, -0.2) is 4.79 Å². The summed E-state index contributed by atoms with van der Waals surface area (Å²) in [7, 11) is 1.83. The zero-order chi connectivity index (χ0) is 20.4. The summed E-state index contributed by atoms with van der Waals surface area (Å²) in [5, 5.41) is 4.72. The second-order valence-electron chi connectivity index (χ2n) is 8.36. The van der Waals surface area contributed by atoms with Crippen molar-refractivity contribution in [3.05, 3.63) is 35.0 Å². The average molecular weight is 417 g/mol. The molecule has 1 aromatic carbocycles. The molecule has 2 fully saturated rings. The number of amides is 3. The number of aromatic amines is 1. The molecule has 1 aromatic heterocycles. The molecule has 0 bridgehead atoms. The number of fused-ring (bicyclic) bond motifs is 1. The van der Waals surface area contributed by atoms with Crippen molar-refractivity contribution < 1.29 is 9.59 Å². The van der Waals surface area contributed by atoms with Crippen LogP contribution < -0.4 is 5.32 Å². The summed E-state index contributed by atoms with van der Waals surface area (Å²) >= 11 is 6.04. The predicted octanol–water partition coefficient (Wildman–Crippen LogP) is 4.14. The number of aromatic nitrogens is 1. The topological polar surface area (TPSA) is 68.4 Å². The van der Waals surface area contributed by atoms with Crippen LogP contribution in [0.3, 0.4) is 0 Å². The van der Waals surface area contributed by atoms with Crippen LogP contribution in [0.2, 0.25) is 5.02 Å². The highest BCUT2D eigenvalue weighted by Crippen LogP contribution is 2.28. The number of urea groups is 1. The van der Waals surface area contributed by atoms with Crippen LogP contribution >= 0.6 is 11.6 Å². The molecule has 1 aliphatic heterocycles. The van der Waals surface area contributed by atoms with E-state index in [1.165, 1.54) is 0 Å². The highest BCUT2D eigenvalue weighted by molar-refractivity contribution is 6.31. The molecule has 3 amide bonds. The molecular weight excluding hydrogens is 388 g/mol. The van der Waals surface area contributed by atoms with Crippen LogP contribution in [0.1, 0.15) is 44.2 Å². The lowest BCUT2D eigenvalue weighted by molar-refractivity contribution is -0.137. The number of likely N-dealkylation sites (tertiary alicyclic amines) is 1. The summed E-state index contributed by atoms with van der Waals surface area (Å²) < 4.78 is 0. The molecule has 4 rings (SSSR count). The number of hydrogen-bond acceptors (Lipinski definition) is 2. The van der Waals surface area contributed by atoms with Crippen LogP contribution in [-0.4, -0.2) is 52.9 Å². The molecule has 29 heavy (non-hydrogen) atoms. The third-order valence-electron chi connectivity index (χ3n) is 6.35. The van der Waals surface area contributed by atoms with Gasteiger partial charge in [0.2, 0.25) is 5.91 Å². The minimum atomic E-state index is -0.109. The maximum Gasteiger partial charge on any atom is 0.317 e. The maximum atomic E-state index is 12.8. The zero-order valence-corrected chi connectivity index (χ0v) is 17.7. The molecule has 2 aromatic rings. The SMILES string of the molecule is CN(C(=O)NCc1cc2cc(Cl)ccc2[nH]1)C1CCCN(C(=O)C2CCCC2)C1. The molecule has 2 heterocycles. The second-order valence-corrected chi connectivity index (χ2v) is 8.79. The fraction of sp³-hybridized carbons (Fsp3) is 0.545. The average Bonchev–Trinajstić information content (AvgIpc) is 3.40. The van der Waals surface area contributed by atoms with Gasteiger partial charge in [-0.1, -0.05) is 24.4 Å². The largest absolute Gasteiger partial charge is 0.357 e. The van der Waals surface area contributed by atoms with Crippen molar-refractivity contribution in [1.29, 1.82) is 0 Å². The van der Waals surface area contributed by atoms with E-state index in [2.05, 4.69) is 10.3 Å².